The van der Waals surface area contributed by atoms with Crippen LogP contribution in [0.3, 0.4) is 0 Å². The van der Waals surface area contributed by atoms with E-state index in [0.717, 1.165) is 11.1 Å². The second-order valence-corrected chi connectivity index (χ2v) is 6.42. The van der Waals surface area contributed by atoms with E-state index < -0.39 is 10.0 Å². The third-order valence-electron chi connectivity index (χ3n) is 2.57. The van der Waals surface area contributed by atoms with Crippen LogP contribution in [0.4, 0.5) is 0 Å². The molecule has 0 unspecified atom stereocenters. The molecule has 124 valence electrons. The molecule has 1 rings (SSSR count). The van der Waals surface area contributed by atoms with Gasteiger partial charge in [-0.2, -0.15) is 0 Å². The smallest absolute Gasteiger partial charge is 0.240 e. The Morgan fingerprint density at radius 1 is 1.32 bits per heavy atom. The first-order chi connectivity index (χ1) is 9.85. The summed E-state index contributed by atoms with van der Waals surface area (Å²) in [5, 5.41) is 2.93. The van der Waals surface area contributed by atoms with Crippen LogP contribution in [-0.4, -0.2) is 27.5 Å². The lowest BCUT2D eigenvalue weighted by atomic mass is 10.2. The zero-order chi connectivity index (χ0) is 15.9. The second-order valence-electron chi connectivity index (χ2n) is 4.66. The number of nitrogens with two attached hydrogens (primary N) is 1. The first-order valence-corrected chi connectivity index (χ1v) is 8.10. The van der Waals surface area contributed by atoms with Crippen molar-refractivity contribution in [2.24, 2.45) is 10.7 Å². The van der Waals surface area contributed by atoms with Gasteiger partial charge in [-0.25, -0.2) is 18.1 Å². The molecule has 0 fully saturated rings. The van der Waals surface area contributed by atoms with Crippen LogP contribution in [0.2, 0.25) is 0 Å². The molecular weight excluding hydrogens is 415 g/mol. The normalized spacial score (nSPS) is 11.6. The lowest BCUT2D eigenvalue weighted by molar-refractivity contribution is 0.584. The predicted molar refractivity (Wildman–Crippen MR) is 101 cm³/mol. The van der Waals surface area contributed by atoms with E-state index in [1.807, 2.05) is 6.92 Å². The highest BCUT2D eigenvalue weighted by Gasteiger charge is 2.11. The SMILES string of the molecule is C=C(C)CNC(N)=NCc1ccc(S(=O)(=O)NCC)cc1.I. The third kappa shape index (κ3) is 7.23. The first kappa shape index (κ1) is 20.9. The molecule has 0 aliphatic heterocycles. The van der Waals surface area contributed by atoms with Crippen molar-refractivity contribution in [2.75, 3.05) is 13.1 Å². The number of hydrogen-bond donors (Lipinski definition) is 3. The Balaban J connectivity index is 0.00000441. The Hall–Kier alpha value is -1.13. The van der Waals surface area contributed by atoms with Crippen LogP contribution in [0.25, 0.3) is 0 Å². The predicted octanol–water partition coefficient (Wildman–Crippen LogP) is 1.58. The first-order valence-electron chi connectivity index (χ1n) is 6.62. The van der Waals surface area contributed by atoms with Crippen molar-refractivity contribution in [1.29, 1.82) is 0 Å². The number of benzene rings is 1. The average Bonchev–Trinajstić information content (AvgIpc) is 2.43. The number of aliphatic imine (C=N–C) groups is 1. The number of halogens is 1. The number of hydrogen-bond acceptors (Lipinski definition) is 3. The zero-order valence-electron chi connectivity index (χ0n) is 12.8. The Morgan fingerprint density at radius 3 is 2.41 bits per heavy atom. The van der Waals surface area contributed by atoms with Gasteiger partial charge in [0.2, 0.25) is 10.0 Å². The Kier molecular flexibility index (Phi) is 9.30. The van der Waals surface area contributed by atoms with Gasteiger partial charge in [0, 0.05) is 13.1 Å². The molecule has 0 aliphatic rings. The second kappa shape index (κ2) is 9.80. The monoisotopic (exact) mass is 438 g/mol. The molecule has 0 bridgehead atoms. The standard InChI is InChI=1S/C14H22N4O2S.HI/c1-4-18-21(19,20)13-7-5-12(6-8-13)10-17-14(15)16-9-11(2)3;/h5-8,18H,2,4,9-10H2,1,3H3,(H3,15,16,17);1H. The largest absolute Gasteiger partial charge is 0.370 e. The van der Waals surface area contributed by atoms with Crippen molar-refractivity contribution in [2.45, 2.75) is 25.3 Å². The molecule has 0 aromatic heterocycles. The van der Waals surface area contributed by atoms with Crippen LogP contribution in [0.1, 0.15) is 19.4 Å². The molecule has 1 aromatic carbocycles. The van der Waals surface area contributed by atoms with Crippen LogP contribution >= 0.6 is 24.0 Å². The molecule has 8 heteroatoms. The minimum atomic E-state index is -3.41. The van der Waals surface area contributed by atoms with E-state index in [0.29, 0.717) is 25.6 Å². The van der Waals surface area contributed by atoms with Crippen molar-refractivity contribution in [3.05, 3.63) is 42.0 Å². The van der Waals surface area contributed by atoms with Crippen molar-refractivity contribution >= 4 is 40.0 Å². The number of nitrogens with zero attached hydrogens (tertiary/aromatic N) is 1. The average molecular weight is 438 g/mol. The maximum Gasteiger partial charge on any atom is 0.240 e. The van der Waals surface area contributed by atoms with Gasteiger partial charge >= 0.3 is 0 Å². The summed E-state index contributed by atoms with van der Waals surface area (Å²) >= 11 is 0. The van der Waals surface area contributed by atoms with Gasteiger partial charge in [-0.05, 0) is 24.6 Å². The molecule has 6 nitrogen and oxygen atoms in total. The molecule has 22 heavy (non-hydrogen) atoms. The zero-order valence-corrected chi connectivity index (χ0v) is 15.9. The summed E-state index contributed by atoms with van der Waals surface area (Å²) in [6.07, 6.45) is 0. The Bertz CT molecular complexity index is 612. The Labute approximate surface area is 149 Å². The fourth-order valence-electron chi connectivity index (χ4n) is 1.52. The molecule has 0 saturated carbocycles. The topological polar surface area (TPSA) is 96.6 Å². The van der Waals surface area contributed by atoms with Crippen LogP contribution in [0.15, 0.2) is 46.3 Å². The molecule has 0 aliphatic carbocycles. The summed E-state index contributed by atoms with van der Waals surface area (Å²) in [7, 11) is -3.41. The lowest BCUT2D eigenvalue weighted by Gasteiger charge is -2.06. The van der Waals surface area contributed by atoms with E-state index in [2.05, 4.69) is 21.6 Å². The maximum absolute atomic E-state index is 11.8. The molecule has 0 radical (unpaired) electrons. The summed E-state index contributed by atoms with van der Waals surface area (Å²) in [6.45, 7) is 8.71. The highest BCUT2D eigenvalue weighted by atomic mass is 127. The van der Waals surface area contributed by atoms with Crippen molar-refractivity contribution in [3.63, 3.8) is 0 Å². The molecule has 1 aromatic rings. The van der Waals surface area contributed by atoms with Gasteiger partial charge < -0.3 is 11.1 Å². The van der Waals surface area contributed by atoms with E-state index >= 15 is 0 Å². The van der Waals surface area contributed by atoms with Gasteiger partial charge in [0.15, 0.2) is 5.96 Å². The Morgan fingerprint density at radius 2 is 1.91 bits per heavy atom. The van der Waals surface area contributed by atoms with Gasteiger partial charge in [-0.1, -0.05) is 31.2 Å². The van der Waals surface area contributed by atoms with Crippen LogP contribution in [0, 0.1) is 0 Å². The summed E-state index contributed by atoms with van der Waals surface area (Å²) in [6, 6.07) is 6.56. The summed E-state index contributed by atoms with van der Waals surface area (Å²) in [5.74, 6) is 0.336. The van der Waals surface area contributed by atoms with E-state index in [1.54, 1.807) is 31.2 Å². The molecule has 0 saturated heterocycles. The summed E-state index contributed by atoms with van der Waals surface area (Å²) < 4.78 is 26.0. The molecule has 0 atom stereocenters. The third-order valence-corrected chi connectivity index (χ3v) is 4.13. The molecule has 4 N–H and O–H groups in total. The van der Waals surface area contributed by atoms with E-state index in [-0.39, 0.29) is 28.9 Å². The number of nitrogens with one attached hydrogen (secondary N) is 2. The number of sulfonamides is 1. The van der Waals surface area contributed by atoms with Gasteiger partial charge in [-0.15, -0.1) is 24.0 Å². The quantitative estimate of drug-likeness (QED) is 0.261. The van der Waals surface area contributed by atoms with Crippen molar-refractivity contribution in [1.82, 2.24) is 10.0 Å². The summed E-state index contributed by atoms with van der Waals surface area (Å²) in [5.41, 5.74) is 7.54. The van der Waals surface area contributed by atoms with Crippen LogP contribution < -0.4 is 15.8 Å². The van der Waals surface area contributed by atoms with E-state index in [1.165, 1.54) is 0 Å². The van der Waals surface area contributed by atoms with Crippen LogP contribution in [-0.2, 0) is 16.6 Å². The molecular formula is C14H23IN4O2S. The fourth-order valence-corrected chi connectivity index (χ4v) is 2.56. The minimum Gasteiger partial charge on any atom is -0.370 e. The number of rotatable bonds is 7. The molecule has 0 heterocycles. The minimum absolute atomic E-state index is 0. The lowest BCUT2D eigenvalue weighted by Crippen LogP contribution is -2.32. The molecule has 0 spiro atoms. The van der Waals surface area contributed by atoms with Gasteiger partial charge in [0.1, 0.15) is 0 Å². The molecule has 0 amide bonds. The van der Waals surface area contributed by atoms with E-state index in [9.17, 15) is 8.42 Å². The van der Waals surface area contributed by atoms with Gasteiger partial charge in [-0.3, -0.25) is 0 Å². The highest BCUT2D eigenvalue weighted by molar-refractivity contribution is 14.0. The van der Waals surface area contributed by atoms with Gasteiger partial charge in [0.25, 0.3) is 0 Å². The van der Waals surface area contributed by atoms with Gasteiger partial charge in [0.05, 0.1) is 11.4 Å². The van der Waals surface area contributed by atoms with Crippen molar-refractivity contribution < 1.29 is 8.42 Å². The number of guanidine groups is 1. The maximum atomic E-state index is 11.8. The van der Waals surface area contributed by atoms with Crippen LogP contribution in [0.5, 0.6) is 0 Å². The van der Waals surface area contributed by atoms with E-state index in [4.69, 9.17) is 5.73 Å². The fraction of sp³-hybridized carbons (Fsp3) is 0.357. The van der Waals surface area contributed by atoms with Crippen molar-refractivity contribution in [3.8, 4) is 0 Å². The summed E-state index contributed by atoms with van der Waals surface area (Å²) in [4.78, 5) is 4.41. The highest BCUT2D eigenvalue weighted by Crippen LogP contribution is 2.11.